The summed E-state index contributed by atoms with van der Waals surface area (Å²) in [5.74, 6) is 0.840. The van der Waals surface area contributed by atoms with Crippen LogP contribution in [0.4, 0.5) is 5.69 Å². The molecule has 0 saturated carbocycles. The van der Waals surface area contributed by atoms with Crippen molar-refractivity contribution in [1.29, 1.82) is 0 Å². The summed E-state index contributed by atoms with van der Waals surface area (Å²) in [5, 5.41) is 0. The number of carbonyl (C=O) groups excluding carboxylic acids is 1. The van der Waals surface area contributed by atoms with Gasteiger partial charge in [0.15, 0.2) is 0 Å². The minimum Gasteiger partial charge on any atom is -0.373 e. The van der Waals surface area contributed by atoms with E-state index in [-0.39, 0.29) is 23.5 Å². The minimum atomic E-state index is 0.0774. The maximum Gasteiger partial charge on any atom is 0.224 e. The Labute approximate surface area is 163 Å². The largest absolute Gasteiger partial charge is 0.373 e. The van der Waals surface area contributed by atoms with Crippen molar-refractivity contribution in [3.05, 3.63) is 53.6 Å². The zero-order valence-electron chi connectivity index (χ0n) is 16.9. The summed E-state index contributed by atoms with van der Waals surface area (Å²) in [6.45, 7) is 9.23. The molecule has 3 heteroatoms. The van der Waals surface area contributed by atoms with Gasteiger partial charge in [-0.2, -0.15) is 0 Å². The molecule has 2 aliphatic heterocycles. The van der Waals surface area contributed by atoms with Crippen molar-refractivity contribution in [1.82, 2.24) is 0 Å². The molecule has 4 atom stereocenters. The molecule has 3 aliphatic rings. The Bertz CT molecular complexity index is 786. The van der Waals surface area contributed by atoms with Crippen LogP contribution in [0.5, 0.6) is 0 Å². The summed E-state index contributed by atoms with van der Waals surface area (Å²) in [4.78, 5) is 14.9. The first-order valence-electron chi connectivity index (χ1n) is 10.3. The van der Waals surface area contributed by atoms with Crippen molar-refractivity contribution in [3.63, 3.8) is 0 Å². The molecule has 3 nitrogen and oxygen atoms in total. The number of benzene rings is 1. The van der Waals surface area contributed by atoms with E-state index in [0.717, 1.165) is 31.6 Å². The summed E-state index contributed by atoms with van der Waals surface area (Å²) >= 11 is 0. The second-order valence-electron chi connectivity index (χ2n) is 9.21. The number of hydrogen-bond donors (Lipinski definition) is 0. The molecule has 2 heterocycles. The molecule has 1 aliphatic carbocycles. The quantitative estimate of drug-likeness (QED) is 0.674. The standard InChI is InChI=1S/C24H31NO2/c1-16(26)25-21-13-12-18(24(2,3)4)15-20(21)23-19(11-8-14-27-23)22(25)17-9-6-5-7-10-17/h5-7,9,12-13,15,17,19,22-23H,8,10-11,14H2,1-4H3/t17?,19-,22-,23-/m0/s1. The molecular formula is C24H31NO2. The fourth-order valence-electron chi connectivity index (χ4n) is 5.04. The van der Waals surface area contributed by atoms with Crippen LogP contribution in [0.1, 0.15) is 64.2 Å². The zero-order valence-corrected chi connectivity index (χ0v) is 16.9. The molecule has 1 fully saturated rings. The minimum absolute atomic E-state index is 0.0774. The van der Waals surface area contributed by atoms with E-state index in [9.17, 15) is 4.79 Å². The van der Waals surface area contributed by atoms with E-state index >= 15 is 0 Å². The fraction of sp³-hybridized carbons (Fsp3) is 0.542. The Morgan fingerprint density at radius 1 is 1.22 bits per heavy atom. The predicted octanol–water partition coefficient (Wildman–Crippen LogP) is 5.32. The van der Waals surface area contributed by atoms with Gasteiger partial charge < -0.3 is 9.64 Å². The summed E-state index contributed by atoms with van der Waals surface area (Å²) < 4.78 is 6.35. The van der Waals surface area contributed by atoms with Crippen LogP contribution in [0.25, 0.3) is 0 Å². The molecule has 4 rings (SSSR count). The summed E-state index contributed by atoms with van der Waals surface area (Å²) in [6.07, 6.45) is 12.0. The van der Waals surface area contributed by atoms with E-state index < -0.39 is 0 Å². The van der Waals surface area contributed by atoms with Crippen LogP contribution in [-0.2, 0) is 14.9 Å². The molecule has 0 spiro atoms. The van der Waals surface area contributed by atoms with Gasteiger partial charge in [0.2, 0.25) is 5.91 Å². The number of rotatable bonds is 1. The number of fused-ring (bicyclic) bond motifs is 3. The molecule has 27 heavy (non-hydrogen) atoms. The van der Waals surface area contributed by atoms with Gasteiger partial charge in [0.05, 0.1) is 6.10 Å². The Morgan fingerprint density at radius 2 is 2.04 bits per heavy atom. The third-order valence-corrected chi connectivity index (χ3v) is 6.36. The molecular weight excluding hydrogens is 334 g/mol. The Balaban J connectivity index is 1.85. The molecule has 144 valence electrons. The van der Waals surface area contributed by atoms with Crippen LogP contribution in [-0.4, -0.2) is 18.6 Å². The van der Waals surface area contributed by atoms with Crippen molar-refractivity contribution in [3.8, 4) is 0 Å². The lowest BCUT2D eigenvalue weighted by Gasteiger charge is -2.50. The highest BCUT2D eigenvalue weighted by molar-refractivity contribution is 5.94. The van der Waals surface area contributed by atoms with Gasteiger partial charge in [0, 0.05) is 42.7 Å². The molecule has 1 saturated heterocycles. The van der Waals surface area contributed by atoms with Gasteiger partial charge in [-0.15, -0.1) is 0 Å². The first-order valence-corrected chi connectivity index (χ1v) is 10.3. The van der Waals surface area contributed by atoms with Crippen molar-refractivity contribution in [2.45, 2.75) is 64.5 Å². The van der Waals surface area contributed by atoms with Gasteiger partial charge in [-0.25, -0.2) is 0 Å². The molecule has 0 radical (unpaired) electrons. The van der Waals surface area contributed by atoms with Crippen LogP contribution in [0.2, 0.25) is 0 Å². The molecule has 1 unspecified atom stereocenters. The van der Waals surface area contributed by atoms with Gasteiger partial charge in [-0.05, 0) is 36.3 Å². The number of carbonyl (C=O) groups is 1. The molecule has 0 bridgehead atoms. The lowest BCUT2D eigenvalue weighted by atomic mass is 9.71. The van der Waals surface area contributed by atoms with Gasteiger partial charge in [-0.1, -0.05) is 57.2 Å². The van der Waals surface area contributed by atoms with E-state index in [4.69, 9.17) is 4.74 Å². The van der Waals surface area contributed by atoms with Gasteiger partial charge in [0.25, 0.3) is 0 Å². The highest BCUT2D eigenvalue weighted by Gasteiger charge is 2.47. The van der Waals surface area contributed by atoms with Crippen LogP contribution in [0, 0.1) is 11.8 Å². The monoisotopic (exact) mass is 365 g/mol. The second-order valence-corrected chi connectivity index (χ2v) is 9.21. The maximum absolute atomic E-state index is 12.8. The number of amides is 1. The van der Waals surface area contributed by atoms with Crippen LogP contribution in [0.3, 0.4) is 0 Å². The van der Waals surface area contributed by atoms with E-state index in [1.807, 2.05) is 0 Å². The van der Waals surface area contributed by atoms with Gasteiger partial charge in [-0.3, -0.25) is 4.79 Å². The highest BCUT2D eigenvalue weighted by atomic mass is 16.5. The predicted molar refractivity (Wildman–Crippen MR) is 110 cm³/mol. The lowest BCUT2D eigenvalue weighted by molar-refractivity contribution is -0.119. The number of allylic oxidation sites excluding steroid dienone is 3. The van der Waals surface area contributed by atoms with Crippen molar-refractivity contribution in [2.24, 2.45) is 11.8 Å². The SMILES string of the molecule is CC(=O)N1c2ccc(C(C)(C)C)cc2[C@H]2OCCC[C@H]2[C@@H]1C1C=CC=CC1. The molecule has 1 amide bonds. The molecule has 1 aromatic rings. The third kappa shape index (κ3) is 3.27. The number of hydrogen-bond acceptors (Lipinski definition) is 2. The molecule has 0 N–H and O–H groups in total. The highest BCUT2D eigenvalue weighted by Crippen LogP contribution is 2.50. The molecule has 0 aromatic heterocycles. The van der Waals surface area contributed by atoms with Gasteiger partial charge >= 0.3 is 0 Å². The maximum atomic E-state index is 12.8. The third-order valence-electron chi connectivity index (χ3n) is 6.36. The van der Waals surface area contributed by atoms with E-state index in [2.05, 4.69) is 68.2 Å². The van der Waals surface area contributed by atoms with Crippen LogP contribution >= 0.6 is 0 Å². The number of anilines is 1. The summed E-state index contributed by atoms with van der Waals surface area (Å²) in [6, 6.07) is 6.80. The normalized spacial score (nSPS) is 30.0. The number of ether oxygens (including phenoxy) is 1. The van der Waals surface area contributed by atoms with Crippen molar-refractivity contribution >= 4 is 11.6 Å². The van der Waals surface area contributed by atoms with Gasteiger partial charge in [0.1, 0.15) is 0 Å². The smallest absolute Gasteiger partial charge is 0.224 e. The van der Waals surface area contributed by atoms with E-state index in [1.54, 1.807) is 6.92 Å². The first kappa shape index (κ1) is 18.5. The first-order chi connectivity index (χ1) is 12.9. The van der Waals surface area contributed by atoms with Crippen LogP contribution < -0.4 is 4.90 Å². The van der Waals surface area contributed by atoms with E-state index in [0.29, 0.717) is 11.8 Å². The number of nitrogens with zero attached hydrogens (tertiary/aromatic N) is 1. The lowest BCUT2D eigenvalue weighted by Crippen LogP contribution is -2.54. The van der Waals surface area contributed by atoms with Crippen molar-refractivity contribution in [2.75, 3.05) is 11.5 Å². The Hall–Kier alpha value is -1.87. The zero-order chi connectivity index (χ0) is 19.2. The van der Waals surface area contributed by atoms with Crippen molar-refractivity contribution < 1.29 is 9.53 Å². The summed E-state index contributed by atoms with van der Waals surface area (Å²) in [5.41, 5.74) is 3.63. The average Bonchev–Trinajstić information content (AvgIpc) is 2.66. The second kappa shape index (κ2) is 6.94. The topological polar surface area (TPSA) is 29.5 Å². The van der Waals surface area contributed by atoms with E-state index in [1.165, 1.54) is 11.1 Å². The average molecular weight is 366 g/mol. The van der Waals surface area contributed by atoms with Crippen LogP contribution in [0.15, 0.2) is 42.5 Å². The Morgan fingerprint density at radius 3 is 2.70 bits per heavy atom. The Kier molecular flexibility index (Phi) is 4.75. The molecule has 1 aromatic carbocycles. The fourth-order valence-corrected chi connectivity index (χ4v) is 5.04. The summed E-state index contributed by atoms with van der Waals surface area (Å²) in [7, 11) is 0.